The van der Waals surface area contributed by atoms with Crippen LogP contribution in [0, 0.1) is 0 Å². The minimum absolute atomic E-state index is 0.209. The van der Waals surface area contributed by atoms with Crippen molar-refractivity contribution < 1.29 is 14.3 Å². The van der Waals surface area contributed by atoms with Crippen molar-refractivity contribution in [3.05, 3.63) is 36.4 Å². The molecule has 2 atom stereocenters. The Bertz CT molecular complexity index is 474. The molecule has 2 unspecified atom stereocenters. The average Bonchev–Trinajstić information content (AvgIpc) is 2.46. The van der Waals surface area contributed by atoms with Gasteiger partial charge in [-0.3, -0.25) is 4.79 Å². The van der Waals surface area contributed by atoms with Crippen molar-refractivity contribution in [3.63, 3.8) is 0 Å². The molecule has 0 aliphatic rings. The number of nitrogens with one attached hydrogen (secondary N) is 1. The molecule has 0 aliphatic heterocycles. The summed E-state index contributed by atoms with van der Waals surface area (Å²) in [7, 11) is 3.17. The van der Waals surface area contributed by atoms with E-state index in [1.165, 1.54) is 0 Å². The van der Waals surface area contributed by atoms with Gasteiger partial charge in [-0.05, 0) is 25.5 Å². The number of benzene rings is 1. The lowest BCUT2D eigenvalue weighted by Gasteiger charge is -2.19. The minimum Gasteiger partial charge on any atom is -0.497 e. The fourth-order valence-corrected chi connectivity index (χ4v) is 1.86. The van der Waals surface area contributed by atoms with E-state index >= 15 is 0 Å². The van der Waals surface area contributed by atoms with Crippen molar-refractivity contribution in [1.29, 1.82) is 0 Å². The molecule has 0 saturated heterocycles. The highest BCUT2D eigenvalue weighted by atomic mass is 16.5. The van der Waals surface area contributed by atoms with Crippen LogP contribution >= 0.6 is 0 Å². The molecule has 0 saturated carbocycles. The van der Waals surface area contributed by atoms with Gasteiger partial charge >= 0.3 is 0 Å². The Hall–Kier alpha value is -2.01. The lowest BCUT2D eigenvalue weighted by molar-refractivity contribution is -0.122. The van der Waals surface area contributed by atoms with Crippen molar-refractivity contribution in [3.8, 4) is 11.5 Å². The third-order valence-electron chi connectivity index (χ3n) is 3.02. The van der Waals surface area contributed by atoms with E-state index in [0.29, 0.717) is 17.9 Å². The summed E-state index contributed by atoms with van der Waals surface area (Å²) in [4.78, 5) is 11.9. The van der Waals surface area contributed by atoms with Crippen LogP contribution in [0.3, 0.4) is 0 Å². The topological polar surface area (TPSA) is 73.6 Å². The molecule has 0 heterocycles. The maximum absolute atomic E-state index is 11.9. The van der Waals surface area contributed by atoms with Crippen molar-refractivity contribution in [2.45, 2.75) is 25.4 Å². The summed E-state index contributed by atoms with van der Waals surface area (Å²) < 4.78 is 10.5. The fourth-order valence-electron chi connectivity index (χ4n) is 1.86. The Morgan fingerprint density at radius 1 is 1.45 bits per heavy atom. The number of carbonyl (C=O) groups is 1. The van der Waals surface area contributed by atoms with Gasteiger partial charge in [0.2, 0.25) is 5.91 Å². The van der Waals surface area contributed by atoms with Gasteiger partial charge in [0.1, 0.15) is 11.5 Å². The summed E-state index contributed by atoms with van der Waals surface area (Å²) in [5.41, 5.74) is 6.60. The maximum atomic E-state index is 11.9. The van der Waals surface area contributed by atoms with Crippen LogP contribution in [0.15, 0.2) is 30.9 Å². The van der Waals surface area contributed by atoms with Gasteiger partial charge in [-0.15, -0.1) is 6.58 Å². The molecular formula is C15H22N2O3. The van der Waals surface area contributed by atoms with Crippen LogP contribution in [-0.4, -0.2) is 26.2 Å². The first kappa shape index (κ1) is 16.0. The third kappa shape index (κ3) is 3.99. The molecule has 0 spiro atoms. The van der Waals surface area contributed by atoms with Gasteiger partial charge in [0.05, 0.1) is 26.3 Å². The van der Waals surface area contributed by atoms with Crippen molar-refractivity contribution >= 4 is 5.91 Å². The SMILES string of the molecule is C=CCC(N)C(=O)NC(C)c1ccc(OC)cc1OC. The number of ether oxygens (including phenoxy) is 2. The van der Waals surface area contributed by atoms with Crippen LogP contribution in [0.5, 0.6) is 11.5 Å². The normalized spacial score (nSPS) is 13.2. The summed E-state index contributed by atoms with van der Waals surface area (Å²) in [5, 5.41) is 2.86. The van der Waals surface area contributed by atoms with E-state index in [1.807, 2.05) is 19.1 Å². The molecule has 0 aromatic heterocycles. The van der Waals surface area contributed by atoms with Crippen LogP contribution in [0.1, 0.15) is 24.9 Å². The number of methoxy groups -OCH3 is 2. The van der Waals surface area contributed by atoms with E-state index in [4.69, 9.17) is 15.2 Å². The standard InChI is InChI=1S/C15H22N2O3/c1-5-6-13(16)15(18)17-10(2)12-8-7-11(19-3)9-14(12)20-4/h5,7-10,13H,1,6,16H2,2-4H3,(H,17,18). The summed E-state index contributed by atoms with van der Waals surface area (Å²) in [6.45, 7) is 5.45. The lowest BCUT2D eigenvalue weighted by Crippen LogP contribution is -2.41. The summed E-state index contributed by atoms with van der Waals surface area (Å²) in [6.07, 6.45) is 2.07. The van der Waals surface area contributed by atoms with Crippen LogP contribution in [-0.2, 0) is 4.79 Å². The van der Waals surface area contributed by atoms with Crippen LogP contribution < -0.4 is 20.5 Å². The van der Waals surface area contributed by atoms with E-state index < -0.39 is 6.04 Å². The van der Waals surface area contributed by atoms with Crippen LogP contribution in [0.2, 0.25) is 0 Å². The Balaban J connectivity index is 2.83. The highest BCUT2D eigenvalue weighted by Gasteiger charge is 2.18. The predicted molar refractivity (Wildman–Crippen MR) is 78.9 cm³/mol. The van der Waals surface area contributed by atoms with E-state index in [0.717, 1.165) is 5.56 Å². The molecule has 110 valence electrons. The zero-order chi connectivity index (χ0) is 15.1. The zero-order valence-electron chi connectivity index (χ0n) is 12.2. The Morgan fingerprint density at radius 2 is 2.15 bits per heavy atom. The maximum Gasteiger partial charge on any atom is 0.237 e. The summed E-state index contributed by atoms with van der Waals surface area (Å²) in [5.74, 6) is 1.15. The Kier molecular flexibility index (Phi) is 6.06. The van der Waals surface area contributed by atoms with Gasteiger partial charge in [0, 0.05) is 11.6 Å². The van der Waals surface area contributed by atoms with Gasteiger partial charge in [-0.1, -0.05) is 6.08 Å². The smallest absolute Gasteiger partial charge is 0.237 e. The molecule has 1 amide bonds. The summed E-state index contributed by atoms with van der Waals surface area (Å²) in [6, 6.07) is 4.67. The molecule has 1 rings (SSSR count). The van der Waals surface area contributed by atoms with Gasteiger partial charge < -0.3 is 20.5 Å². The van der Waals surface area contributed by atoms with Crippen molar-refractivity contribution in [2.24, 2.45) is 5.73 Å². The third-order valence-corrected chi connectivity index (χ3v) is 3.02. The van der Waals surface area contributed by atoms with E-state index in [1.54, 1.807) is 26.4 Å². The predicted octanol–water partition coefficient (Wildman–Crippen LogP) is 1.78. The second kappa shape index (κ2) is 7.55. The molecule has 0 fully saturated rings. The number of nitrogens with two attached hydrogens (primary N) is 1. The fraction of sp³-hybridized carbons (Fsp3) is 0.400. The van der Waals surface area contributed by atoms with E-state index in [-0.39, 0.29) is 11.9 Å². The molecule has 5 nitrogen and oxygen atoms in total. The molecule has 3 N–H and O–H groups in total. The molecule has 0 radical (unpaired) electrons. The molecular weight excluding hydrogens is 256 g/mol. The molecule has 5 heteroatoms. The highest BCUT2D eigenvalue weighted by molar-refractivity contribution is 5.82. The molecule has 0 aliphatic carbocycles. The van der Waals surface area contributed by atoms with Crippen LogP contribution in [0.25, 0.3) is 0 Å². The number of rotatable bonds is 7. The quantitative estimate of drug-likeness (QED) is 0.746. The van der Waals surface area contributed by atoms with Gasteiger partial charge in [-0.25, -0.2) is 0 Å². The van der Waals surface area contributed by atoms with Crippen LogP contribution in [0.4, 0.5) is 0 Å². The number of hydrogen-bond acceptors (Lipinski definition) is 4. The molecule has 1 aromatic carbocycles. The first-order chi connectivity index (χ1) is 9.53. The van der Waals surface area contributed by atoms with Gasteiger partial charge in [0.25, 0.3) is 0 Å². The zero-order valence-corrected chi connectivity index (χ0v) is 12.2. The number of hydrogen-bond donors (Lipinski definition) is 2. The number of amides is 1. The first-order valence-electron chi connectivity index (χ1n) is 6.42. The Morgan fingerprint density at radius 3 is 2.70 bits per heavy atom. The largest absolute Gasteiger partial charge is 0.497 e. The second-order valence-electron chi connectivity index (χ2n) is 4.47. The van der Waals surface area contributed by atoms with Gasteiger partial charge in [-0.2, -0.15) is 0 Å². The molecule has 1 aromatic rings. The van der Waals surface area contributed by atoms with Crippen molar-refractivity contribution in [2.75, 3.05) is 14.2 Å². The first-order valence-corrected chi connectivity index (χ1v) is 6.42. The summed E-state index contributed by atoms with van der Waals surface area (Å²) >= 11 is 0. The lowest BCUT2D eigenvalue weighted by atomic mass is 10.1. The van der Waals surface area contributed by atoms with E-state index in [2.05, 4.69) is 11.9 Å². The number of carbonyl (C=O) groups excluding carboxylic acids is 1. The molecule has 0 bridgehead atoms. The Labute approximate surface area is 119 Å². The monoisotopic (exact) mass is 278 g/mol. The van der Waals surface area contributed by atoms with Crippen molar-refractivity contribution in [1.82, 2.24) is 5.32 Å². The minimum atomic E-state index is -0.584. The molecule has 20 heavy (non-hydrogen) atoms. The van der Waals surface area contributed by atoms with E-state index in [9.17, 15) is 4.79 Å². The highest BCUT2D eigenvalue weighted by Crippen LogP contribution is 2.29. The average molecular weight is 278 g/mol. The van der Waals surface area contributed by atoms with Gasteiger partial charge in [0.15, 0.2) is 0 Å². The second-order valence-corrected chi connectivity index (χ2v) is 4.47.